The zero-order valence-electron chi connectivity index (χ0n) is 10.3. The van der Waals surface area contributed by atoms with Crippen molar-refractivity contribution < 1.29 is 14.3 Å². The first-order chi connectivity index (χ1) is 8.61. The lowest BCUT2D eigenvalue weighted by atomic mass is 10.1. The van der Waals surface area contributed by atoms with Gasteiger partial charge in [-0.15, -0.1) is 0 Å². The zero-order valence-corrected chi connectivity index (χ0v) is 10.3. The number of anilines is 1. The molecule has 1 unspecified atom stereocenters. The van der Waals surface area contributed by atoms with E-state index in [-0.39, 0.29) is 24.2 Å². The molecule has 1 fully saturated rings. The van der Waals surface area contributed by atoms with E-state index in [0.29, 0.717) is 18.1 Å². The van der Waals surface area contributed by atoms with E-state index >= 15 is 0 Å². The Bertz CT molecular complexity index is 475. The molecule has 6 nitrogen and oxygen atoms in total. The van der Waals surface area contributed by atoms with Crippen LogP contribution in [0, 0.1) is 5.92 Å². The summed E-state index contributed by atoms with van der Waals surface area (Å²) in [6, 6.07) is 3.42. The number of hydrogen-bond donors (Lipinski definition) is 1. The van der Waals surface area contributed by atoms with Crippen LogP contribution in [0.15, 0.2) is 18.3 Å². The Kier molecular flexibility index (Phi) is 3.45. The Morgan fingerprint density at radius 1 is 1.61 bits per heavy atom. The van der Waals surface area contributed by atoms with Crippen LogP contribution < -0.4 is 10.1 Å². The maximum Gasteiger partial charge on any atom is 0.237 e. The molecule has 0 aromatic carbocycles. The first kappa shape index (κ1) is 12.3. The van der Waals surface area contributed by atoms with Gasteiger partial charge in [-0.25, -0.2) is 4.98 Å². The van der Waals surface area contributed by atoms with Gasteiger partial charge < -0.3 is 15.0 Å². The Morgan fingerprint density at radius 2 is 2.39 bits per heavy atom. The van der Waals surface area contributed by atoms with E-state index in [0.717, 1.165) is 0 Å². The van der Waals surface area contributed by atoms with Gasteiger partial charge in [0.1, 0.15) is 5.69 Å². The van der Waals surface area contributed by atoms with Crippen molar-refractivity contribution in [1.82, 2.24) is 9.88 Å². The Morgan fingerprint density at radius 3 is 3.00 bits per heavy atom. The molecule has 1 aliphatic heterocycles. The molecule has 0 saturated carbocycles. The fourth-order valence-corrected chi connectivity index (χ4v) is 1.92. The fourth-order valence-electron chi connectivity index (χ4n) is 1.92. The van der Waals surface area contributed by atoms with E-state index in [1.807, 2.05) is 0 Å². The number of methoxy groups -OCH3 is 1. The lowest BCUT2D eigenvalue weighted by Gasteiger charge is -2.12. The second kappa shape index (κ2) is 5.03. The van der Waals surface area contributed by atoms with E-state index in [1.165, 1.54) is 7.11 Å². The van der Waals surface area contributed by atoms with Gasteiger partial charge in [0.2, 0.25) is 17.7 Å². The molecule has 2 amide bonds. The summed E-state index contributed by atoms with van der Waals surface area (Å²) in [5.41, 5.74) is 0.520. The number of nitrogens with one attached hydrogen (secondary N) is 1. The van der Waals surface area contributed by atoms with Crippen molar-refractivity contribution >= 4 is 17.5 Å². The third kappa shape index (κ3) is 2.42. The number of pyridine rings is 1. The summed E-state index contributed by atoms with van der Waals surface area (Å²) >= 11 is 0. The minimum atomic E-state index is -0.313. The molecular weight excluding hydrogens is 234 g/mol. The highest BCUT2D eigenvalue weighted by Gasteiger charge is 2.32. The average molecular weight is 249 g/mol. The third-order valence-electron chi connectivity index (χ3n) is 2.93. The lowest BCUT2D eigenvalue weighted by molar-refractivity contribution is -0.127. The zero-order chi connectivity index (χ0) is 13.1. The number of ether oxygens (including phenoxy) is 1. The number of amides is 2. The molecule has 96 valence electrons. The highest BCUT2D eigenvalue weighted by atomic mass is 16.5. The normalized spacial score (nSPS) is 18.9. The second-order valence-corrected chi connectivity index (χ2v) is 4.22. The van der Waals surface area contributed by atoms with Crippen LogP contribution in [0.25, 0.3) is 0 Å². The summed E-state index contributed by atoms with van der Waals surface area (Å²) in [5, 5.41) is 2.74. The van der Waals surface area contributed by atoms with E-state index < -0.39 is 0 Å². The predicted molar refractivity (Wildman–Crippen MR) is 65.2 cm³/mol. The van der Waals surface area contributed by atoms with Crippen molar-refractivity contribution in [1.29, 1.82) is 0 Å². The van der Waals surface area contributed by atoms with Crippen molar-refractivity contribution in [2.75, 3.05) is 26.0 Å². The number of nitrogens with zero attached hydrogens (tertiary/aromatic N) is 2. The first-order valence-electron chi connectivity index (χ1n) is 5.65. The number of likely N-dealkylation sites (tertiary alicyclic amines) is 1. The van der Waals surface area contributed by atoms with Crippen LogP contribution in [-0.4, -0.2) is 42.4 Å². The molecule has 0 aliphatic carbocycles. The molecule has 1 atom stereocenters. The number of hydrogen-bond acceptors (Lipinski definition) is 4. The van der Waals surface area contributed by atoms with Gasteiger partial charge in [0, 0.05) is 26.2 Å². The van der Waals surface area contributed by atoms with Crippen molar-refractivity contribution in [3.63, 3.8) is 0 Å². The van der Waals surface area contributed by atoms with Crippen LogP contribution in [-0.2, 0) is 9.59 Å². The maximum absolute atomic E-state index is 12.0. The minimum absolute atomic E-state index is 0.00620. The molecule has 0 spiro atoms. The molecular formula is C12H15N3O3. The van der Waals surface area contributed by atoms with E-state index in [1.54, 1.807) is 30.3 Å². The first-order valence-corrected chi connectivity index (χ1v) is 5.65. The van der Waals surface area contributed by atoms with Crippen molar-refractivity contribution in [2.45, 2.75) is 6.42 Å². The second-order valence-electron chi connectivity index (χ2n) is 4.22. The lowest BCUT2D eigenvalue weighted by Crippen LogP contribution is -2.26. The van der Waals surface area contributed by atoms with Gasteiger partial charge in [-0.2, -0.15) is 0 Å². The average Bonchev–Trinajstić information content (AvgIpc) is 2.70. The highest BCUT2D eigenvalue weighted by molar-refractivity contribution is 5.97. The molecule has 6 heteroatoms. The van der Waals surface area contributed by atoms with Crippen LogP contribution in [0.1, 0.15) is 6.42 Å². The van der Waals surface area contributed by atoms with Gasteiger partial charge in [0.15, 0.2) is 0 Å². The molecule has 1 aliphatic rings. The molecule has 0 radical (unpaired) electrons. The van der Waals surface area contributed by atoms with Crippen LogP contribution in [0.3, 0.4) is 0 Å². The summed E-state index contributed by atoms with van der Waals surface area (Å²) in [7, 11) is 3.19. The summed E-state index contributed by atoms with van der Waals surface area (Å²) in [6.07, 6.45) is 1.84. The number of carbonyl (C=O) groups is 2. The SMILES string of the molecule is COc1ncccc1NC(=O)C1CC(=O)N(C)C1. The van der Waals surface area contributed by atoms with Crippen molar-refractivity contribution in [2.24, 2.45) is 5.92 Å². The molecule has 1 aromatic rings. The molecule has 0 bridgehead atoms. The minimum Gasteiger partial charge on any atom is -0.480 e. The topological polar surface area (TPSA) is 71.5 Å². The smallest absolute Gasteiger partial charge is 0.237 e. The highest BCUT2D eigenvalue weighted by Crippen LogP contribution is 2.23. The van der Waals surface area contributed by atoms with Crippen LogP contribution in [0.4, 0.5) is 5.69 Å². The van der Waals surface area contributed by atoms with Gasteiger partial charge in [0.05, 0.1) is 13.0 Å². The third-order valence-corrected chi connectivity index (χ3v) is 2.93. The van der Waals surface area contributed by atoms with Crippen molar-refractivity contribution in [3.8, 4) is 5.88 Å². The standard InChI is InChI=1S/C12H15N3O3/c1-15-7-8(6-10(15)16)11(17)14-9-4-3-5-13-12(9)18-2/h3-5,8H,6-7H2,1-2H3,(H,14,17). The molecule has 2 heterocycles. The molecule has 18 heavy (non-hydrogen) atoms. The number of carbonyl (C=O) groups excluding carboxylic acids is 2. The van der Waals surface area contributed by atoms with Crippen molar-refractivity contribution in [3.05, 3.63) is 18.3 Å². The molecule has 1 N–H and O–H groups in total. The van der Waals surface area contributed by atoms with Gasteiger partial charge >= 0.3 is 0 Å². The monoisotopic (exact) mass is 249 g/mol. The molecule has 1 aromatic heterocycles. The fraction of sp³-hybridized carbons (Fsp3) is 0.417. The van der Waals surface area contributed by atoms with Crippen LogP contribution in [0.5, 0.6) is 5.88 Å². The van der Waals surface area contributed by atoms with E-state index in [9.17, 15) is 9.59 Å². The van der Waals surface area contributed by atoms with E-state index in [4.69, 9.17) is 4.74 Å². The number of rotatable bonds is 3. The van der Waals surface area contributed by atoms with Gasteiger partial charge in [-0.3, -0.25) is 9.59 Å². The summed E-state index contributed by atoms with van der Waals surface area (Å²) in [5.74, 6) is -0.136. The van der Waals surface area contributed by atoms with Gasteiger partial charge in [0.25, 0.3) is 0 Å². The molecule has 1 saturated heterocycles. The summed E-state index contributed by atoms with van der Waals surface area (Å²) in [4.78, 5) is 28.9. The number of aromatic nitrogens is 1. The Labute approximate surface area is 105 Å². The van der Waals surface area contributed by atoms with Crippen LogP contribution in [0.2, 0.25) is 0 Å². The Balaban J connectivity index is 2.06. The molecule has 2 rings (SSSR count). The van der Waals surface area contributed by atoms with Crippen LogP contribution >= 0.6 is 0 Å². The maximum atomic E-state index is 12.0. The predicted octanol–water partition coefficient (Wildman–Crippen LogP) is 0.507. The van der Waals surface area contributed by atoms with Gasteiger partial charge in [-0.05, 0) is 12.1 Å². The quantitative estimate of drug-likeness (QED) is 0.847. The summed E-state index contributed by atoms with van der Waals surface area (Å²) in [6.45, 7) is 0.452. The summed E-state index contributed by atoms with van der Waals surface area (Å²) < 4.78 is 5.05. The Hall–Kier alpha value is -2.11. The van der Waals surface area contributed by atoms with E-state index in [2.05, 4.69) is 10.3 Å². The van der Waals surface area contributed by atoms with Gasteiger partial charge in [-0.1, -0.05) is 0 Å². The largest absolute Gasteiger partial charge is 0.480 e.